The average molecular weight is 545 g/mol. The zero-order valence-corrected chi connectivity index (χ0v) is 21.0. The van der Waals surface area contributed by atoms with Gasteiger partial charge in [0.15, 0.2) is 17.1 Å². The maximum atomic E-state index is 13.6. The van der Waals surface area contributed by atoms with Crippen molar-refractivity contribution in [3.8, 4) is 28.4 Å². The Bertz CT molecular complexity index is 1560. The number of hydrogen-bond acceptors (Lipinski definition) is 7. The molecule has 4 aromatic rings. The SMILES string of the molecule is COc1cc(-n2cnc3ccc(-c4ccc(Cl)cc4)n3c2=O)ccc1OCC1(OC(=O)CN)CC(F)(F)C1. The molecule has 0 radical (unpaired) electrons. The standard InChI is InChI=1S/C26H23ClF2N4O5/c1-36-21-10-18(6-8-20(21)37-14-25(38-23(34)11-30)12-26(28,29)13-25)32-15-31-22-9-7-19(33(22)24(32)35)16-2-4-17(27)5-3-16/h2-10,15H,11-14,30H2,1H3. The topological polar surface area (TPSA) is 110 Å². The van der Waals surface area contributed by atoms with Crippen molar-refractivity contribution >= 4 is 23.2 Å². The van der Waals surface area contributed by atoms with E-state index in [0.29, 0.717) is 22.1 Å². The number of benzene rings is 2. The van der Waals surface area contributed by atoms with Crippen LogP contribution in [0.1, 0.15) is 12.8 Å². The van der Waals surface area contributed by atoms with Crippen LogP contribution in [0, 0.1) is 0 Å². The van der Waals surface area contributed by atoms with Crippen molar-refractivity contribution in [2.45, 2.75) is 24.4 Å². The molecule has 2 aromatic carbocycles. The second-order valence-corrected chi connectivity index (χ2v) is 9.45. The van der Waals surface area contributed by atoms with E-state index >= 15 is 0 Å². The molecule has 0 bridgehead atoms. The molecule has 2 heterocycles. The summed E-state index contributed by atoms with van der Waals surface area (Å²) in [5.74, 6) is -3.29. The number of aromatic nitrogens is 3. The number of methoxy groups -OCH3 is 1. The Morgan fingerprint density at radius 3 is 2.50 bits per heavy atom. The number of fused-ring (bicyclic) bond motifs is 1. The Morgan fingerprint density at radius 2 is 1.84 bits per heavy atom. The fraction of sp³-hybridized carbons (Fsp3) is 0.269. The Morgan fingerprint density at radius 1 is 1.11 bits per heavy atom. The quantitative estimate of drug-likeness (QED) is 0.335. The Balaban J connectivity index is 1.44. The molecule has 38 heavy (non-hydrogen) atoms. The fourth-order valence-electron chi connectivity index (χ4n) is 4.54. The molecule has 0 aliphatic heterocycles. The number of ether oxygens (including phenoxy) is 3. The minimum Gasteiger partial charge on any atom is -0.493 e. The zero-order chi connectivity index (χ0) is 27.1. The first kappa shape index (κ1) is 25.7. The average Bonchev–Trinajstić information content (AvgIpc) is 3.32. The summed E-state index contributed by atoms with van der Waals surface area (Å²) in [5, 5.41) is 0.578. The van der Waals surface area contributed by atoms with Crippen LogP contribution in [0.15, 0.2) is 65.7 Å². The van der Waals surface area contributed by atoms with Crippen molar-refractivity contribution in [1.82, 2.24) is 14.0 Å². The molecule has 2 N–H and O–H groups in total. The van der Waals surface area contributed by atoms with Gasteiger partial charge in [0, 0.05) is 11.1 Å². The lowest BCUT2D eigenvalue weighted by molar-refractivity contribution is -0.233. The third kappa shape index (κ3) is 4.82. The van der Waals surface area contributed by atoms with E-state index < -0.39 is 36.9 Å². The maximum Gasteiger partial charge on any atom is 0.340 e. The van der Waals surface area contributed by atoms with Crippen LogP contribution in [0.25, 0.3) is 22.6 Å². The van der Waals surface area contributed by atoms with Crippen molar-refractivity contribution in [3.63, 3.8) is 0 Å². The molecule has 9 nitrogen and oxygen atoms in total. The lowest BCUT2D eigenvalue weighted by atomic mass is 9.77. The van der Waals surface area contributed by atoms with Gasteiger partial charge >= 0.3 is 11.7 Å². The third-order valence-electron chi connectivity index (χ3n) is 6.28. The second-order valence-electron chi connectivity index (χ2n) is 9.01. The highest BCUT2D eigenvalue weighted by molar-refractivity contribution is 6.30. The Kier molecular flexibility index (Phi) is 6.58. The van der Waals surface area contributed by atoms with E-state index in [4.69, 9.17) is 31.5 Å². The van der Waals surface area contributed by atoms with Crippen LogP contribution >= 0.6 is 11.6 Å². The van der Waals surface area contributed by atoms with Crippen LogP contribution < -0.4 is 20.9 Å². The van der Waals surface area contributed by atoms with Crippen molar-refractivity contribution in [1.29, 1.82) is 0 Å². The van der Waals surface area contributed by atoms with E-state index in [-0.39, 0.29) is 23.8 Å². The summed E-state index contributed by atoms with van der Waals surface area (Å²) in [6.07, 6.45) is 0.0659. The minimum atomic E-state index is -2.96. The van der Waals surface area contributed by atoms with E-state index in [2.05, 4.69) is 4.98 Å². The summed E-state index contributed by atoms with van der Waals surface area (Å²) in [6.45, 7) is -0.745. The van der Waals surface area contributed by atoms with Crippen LogP contribution in [0.2, 0.25) is 5.02 Å². The van der Waals surface area contributed by atoms with Crippen molar-refractivity contribution < 1.29 is 27.8 Å². The van der Waals surface area contributed by atoms with Gasteiger partial charge in [0.05, 0.1) is 37.9 Å². The van der Waals surface area contributed by atoms with E-state index in [9.17, 15) is 18.4 Å². The molecule has 1 aliphatic rings. The van der Waals surface area contributed by atoms with E-state index in [1.54, 1.807) is 36.4 Å². The Labute approximate surface area is 220 Å². The molecule has 0 saturated heterocycles. The number of hydrogen-bond donors (Lipinski definition) is 1. The van der Waals surface area contributed by atoms with Crippen molar-refractivity contribution in [2.75, 3.05) is 20.3 Å². The molecule has 12 heteroatoms. The van der Waals surface area contributed by atoms with E-state index in [1.165, 1.54) is 28.5 Å². The molecular formula is C26H23ClF2N4O5. The molecule has 1 aliphatic carbocycles. The summed E-state index contributed by atoms with van der Waals surface area (Å²) in [5.41, 5.74) is 5.76. The molecule has 0 atom stereocenters. The molecule has 5 rings (SSSR count). The van der Waals surface area contributed by atoms with Gasteiger partial charge in [-0.25, -0.2) is 23.0 Å². The van der Waals surface area contributed by atoms with Gasteiger partial charge in [-0.05, 0) is 42.0 Å². The van der Waals surface area contributed by atoms with Gasteiger partial charge < -0.3 is 19.9 Å². The van der Waals surface area contributed by atoms with Crippen LogP contribution in [-0.4, -0.2) is 51.7 Å². The summed E-state index contributed by atoms with van der Waals surface area (Å²) in [7, 11) is 1.41. The van der Waals surface area contributed by atoms with Crippen LogP contribution in [0.4, 0.5) is 8.78 Å². The smallest absolute Gasteiger partial charge is 0.340 e. The predicted octanol–water partition coefficient (Wildman–Crippen LogP) is 3.86. The first-order chi connectivity index (χ1) is 18.1. The monoisotopic (exact) mass is 544 g/mol. The number of nitrogens with two attached hydrogens (primary N) is 1. The van der Waals surface area contributed by atoms with Gasteiger partial charge in [0.2, 0.25) is 0 Å². The van der Waals surface area contributed by atoms with Crippen LogP contribution in [-0.2, 0) is 9.53 Å². The number of carbonyl (C=O) groups is 1. The van der Waals surface area contributed by atoms with Gasteiger partial charge in [0.25, 0.3) is 5.92 Å². The first-order valence-corrected chi connectivity index (χ1v) is 12.0. The van der Waals surface area contributed by atoms with Crippen molar-refractivity contribution in [2.24, 2.45) is 5.73 Å². The second kappa shape index (κ2) is 9.73. The number of halogens is 3. The molecular weight excluding hydrogens is 522 g/mol. The summed E-state index contributed by atoms with van der Waals surface area (Å²) in [4.78, 5) is 29.6. The Hall–Kier alpha value is -3.96. The first-order valence-electron chi connectivity index (χ1n) is 11.6. The van der Waals surface area contributed by atoms with Gasteiger partial charge in [-0.3, -0.25) is 9.36 Å². The highest BCUT2D eigenvalue weighted by atomic mass is 35.5. The lowest BCUT2D eigenvalue weighted by Crippen LogP contribution is -2.58. The van der Waals surface area contributed by atoms with Crippen LogP contribution in [0.5, 0.6) is 11.5 Å². The van der Waals surface area contributed by atoms with Crippen LogP contribution in [0.3, 0.4) is 0 Å². The van der Waals surface area contributed by atoms with Gasteiger partial charge in [-0.1, -0.05) is 23.7 Å². The molecule has 0 amide bonds. The predicted molar refractivity (Wildman–Crippen MR) is 135 cm³/mol. The normalized spacial score (nSPS) is 15.6. The summed E-state index contributed by atoms with van der Waals surface area (Å²) >= 11 is 6.00. The molecule has 2 aromatic heterocycles. The number of carbonyl (C=O) groups excluding carboxylic acids is 1. The molecule has 198 valence electrons. The largest absolute Gasteiger partial charge is 0.493 e. The molecule has 0 unspecified atom stereocenters. The number of esters is 1. The molecule has 1 saturated carbocycles. The van der Waals surface area contributed by atoms with E-state index in [0.717, 1.165) is 5.56 Å². The highest BCUT2D eigenvalue weighted by Crippen LogP contribution is 2.48. The lowest BCUT2D eigenvalue weighted by Gasteiger charge is -2.45. The zero-order valence-electron chi connectivity index (χ0n) is 20.2. The fourth-order valence-corrected chi connectivity index (χ4v) is 4.66. The maximum absolute atomic E-state index is 13.6. The summed E-state index contributed by atoms with van der Waals surface area (Å²) < 4.78 is 46.4. The van der Waals surface area contributed by atoms with Gasteiger partial charge in [-0.2, -0.15) is 0 Å². The van der Waals surface area contributed by atoms with Gasteiger partial charge in [-0.15, -0.1) is 0 Å². The summed E-state index contributed by atoms with van der Waals surface area (Å²) in [6, 6.07) is 15.3. The van der Waals surface area contributed by atoms with Gasteiger partial charge in [0.1, 0.15) is 18.6 Å². The highest BCUT2D eigenvalue weighted by Gasteiger charge is 2.60. The number of nitrogens with zero attached hydrogens (tertiary/aromatic N) is 3. The minimum absolute atomic E-state index is 0.222. The number of rotatable bonds is 8. The third-order valence-corrected chi connectivity index (χ3v) is 6.53. The number of alkyl halides is 2. The molecule has 0 spiro atoms. The molecule has 1 fully saturated rings. The van der Waals surface area contributed by atoms with E-state index in [1.807, 2.05) is 12.1 Å². The van der Waals surface area contributed by atoms with Crippen molar-refractivity contribution in [3.05, 3.63) is 76.4 Å².